The molecule has 0 aliphatic carbocycles. The van der Waals surface area contributed by atoms with Crippen molar-refractivity contribution in [3.63, 3.8) is 0 Å². The summed E-state index contributed by atoms with van der Waals surface area (Å²) < 4.78 is 107. The molecule has 0 saturated carbocycles. The number of nitrogens with zero attached hydrogens (tertiary/aromatic N) is 5. The van der Waals surface area contributed by atoms with Gasteiger partial charge in [0.2, 0.25) is 5.95 Å². The predicted molar refractivity (Wildman–Crippen MR) is 111 cm³/mol. The molecule has 4 rings (SSSR count). The lowest BCUT2D eigenvalue weighted by atomic mass is 9.84. The second-order valence-electron chi connectivity index (χ2n) is 8.21. The van der Waals surface area contributed by atoms with Crippen LogP contribution in [-0.4, -0.2) is 24.7 Å². The summed E-state index contributed by atoms with van der Waals surface area (Å²) in [7, 11) is 0. The monoisotopic (exact) mass is 513 g/mol. The van der Waals surface area contributed by atoms with Gasteiger partial charge in [0, 0.05) is 17.8 Å². The number of rotatable bonds is 4. The van der Waals surface area contributed by atoms with E-state index >= 15 is 0 Å². The van der Waals surface area contributed by atoms with Crippen LogP contribution in [0.4, 0.5) is 35.1 Å². The van der Waals surface area contributed by atoms with Crippen LogP contribution in [0, 0.1) is 11.8 Å². The van der Waals surface area contributed by atoms with Gasteiger partial charge in [-0.3, -0.25) is 4.98 Å². The molecule has 4 aromatic heterocycles. The van der Waals surface area contributed by atoms with Gasteiger partial charge in [-0.05, 0) is 44.2 Å². The largest absolute Gasteiger partial charge is 0.435 e. The Morgan fingerprint density at radius 2 is 1.39 bits per heavy atom. The van der Waals surface area contributed by atoms with E-state index in [4.69, 9.17) is 0 Å². The van der Waals surface area contributed by atoms with Gasteiger partial charge in [-0.25, -0.2) is 19.0 Å². The zero-order valence-corrected chi connectivity index (χ0v) is 18.5. The third-order valence-corrected chi connectivity index (χ3v) is 5.41. The molecule has 0 bridgehead atoms. The molecule has 13 heteroatoms. The molecular formula is C23H15F8N5. The summed E-state index contributed by atoms with van der Waals surface area (Å²) in [5.74, 6) is -3.76. The van der Waals surface area contributed by atoms with Crippen molar-refractivity contribution in [2.24, 2.45) is 0 Å². The summed E-state index contributed by atoms with van der Waals surface area (Å²) in [5.41, 5.74) is -4.56. The Labute approximate surface area is 198 Å². The molecule has 0 aliphatic heterocycles. The summed E-state index contributed by atoms with van der Waals surface area (Å²) in [6.07, 6.45) is -8.23. The zero-order chi connectivity index (χ0) is 26.5. The fourth-order valence-corrected chi connectivity index (χ4v) is 3.45. The quantitative estimate of drug-likeness (QED) is 0.235. The molecule has 188 valence electrons. The van der Waals surface area contributed by atoms with E-state index in [1.165, 1.54) is 30.3 Å². The van der Waals surface area contributed by atoms with Crippen molar-refractivity contribution in [2.75, 3.05) is 0 Å². The number of pyridine rings is 3. The molecule has 0 radical (unpaired) electrons. The van der Waals surface area contributed by atoms with Crippen LogP contribution in [0.15, 0.2) is 54.9 Å². The highest BCUT2D eigenvalue weighted by molar-refractivity contribution is 5.60. The number of halogens is 8. The molecule has 0 unspecified atom stereocenters. The van der Waals surface area contributed by atoms with Crippen LogP contribution in [0.2, 0.25) is 0 Å². The van der Waals surface area contributed by atoms with E-state index in [0.29, 0.717) is 11.9 Å². The Bertz CT molecular complexity index is 1420. The molecule has 5 nitrogen and oxygen atoms in total. The van der Waals surface area contributed by atoms with Crippen LogP contribution in [0.5, 0.6) is 0 Å². The lowest BCUT2D eigenvalue weighted by Crippen LogP contribution is -2.23. The maximum Gasteiger partial charge on any atom is 0.435 e. The fourth-order valence-electron chi connectivity index (χ4n) is 3.45. The van der Waals surface area contributed by atoms with Gasteiger partial charge < -0.3 is 0 Å². The van der Waals surface area contributed by atoms with Gasteiger partial charge in [0.25, 0.3) is 0 Å². The first-order chi connectivity index (χ1) is 16.7. The first kappa shape index (κ1) is 25.2. The minimum absolute atomic E-state index is 0.0795. The van der Waals surface area contributed by atoms with Crippen LogP contribution >= 0.6 is 0 Å². The Kier molecular flexibility index (Phi) is 6.05. The molecule has 0 atom stereocenters. The molecule has 4 aromatic rings. The number of alkyl halides is 6. The lowest BCUT2D eigenvalue weighted by Gasteiger charge is -2.24. The molecule has 0 fully saturated rings. The van der Waals surface area contributed by atoms with Crippen molar-refractivity contribution in [1.29, 1.82) is 0 Å². The Morgan fingerprint density at radius 1 is 0.750 bits per heavy atom. The molecule has 36 heavy (non-hydrogen) atoms. The Morgan fingerprint density at radius 3 is 2.00 bits per heavy atom. The van der Waals surface area contributed by atoms with Crippen molar-refractivity contribution in [2.45, 2.75) is 31.6 Å². The molecule has 0 aliphatic rings. The van der Waals surface area contributed by atoms with Gasteiger partial charge in [0.15, 0.2) is 17.3 Å². The van der Waals surface area contributed by atoms with E-state index in [1.807, 2.05) is 0 Å². The SMILES string of the molecule is CC(C)(c1cccc(-c2cnc(F)c(C(F)(F)F)c2F)n1)c1cccc(-n2ccc(C(F)(F)F)n2)n1. The fraction of sp³-hybridized carbons (Fsp3) is 0.217. The normalized spacial score (nSPS) is 12.7. The average Bonchev–Trinajstić information content (AvgIpc) is 3.30. The van der Waals surface area contributed by atoms with Crippen molar-refractivity contribution < 1.29 is 35.1 Å². The maximum absolute atomic E-state index is 14.7. The van der Waals surface area contributed by atoms with Crippen LogP contribution < -0.4 is 0 Å². The van der Waals surface area contributed by atoms with Crippen molar-refractivity contribution in [1.82, 2.24) is 24.7 Å². The van der Waals surface area contributed by atoms with Gasteiger partial charge in [-0.2, -0.15) is 35.8 Å². The summed E-state index contributed by atoms with van der Waals surface area (Å²) in [4.78, 5) is 11.7. The number of aromatic nitrogens is 5. The second kappa shape index (κ2) is 8.64. The molecule has 0 amide bonds. The molecule has 0 aromatic carbocycles. The number of hydrogen-bond donors (Lipinski definition) is 0. The van der Waals surface area contributed by atoms with Gasteiger partial charge in [-0.15, -0.1) is 0 Å². The van der Waals surface area contributed by atoms with Crippen LogP contribution in [-0.2, 0) is 17.8 Å². The first-order valence-corrected chi connectivity index (χ1v) is 10.2. The smallest absolute Gasteiger partial charge is 0.252 e. The molecule has 0 N–H and O–H groups in total. The first-order valence-electron chi connectivity index (χ1n) is 10.2. The van der Waals surface area contributed by atoms with Gasteiger partial charge in [0.05, 0.1) is 22.6 Å². The summed E-state index contributed by atoms with van der Waals surface area (Å²) in [6.45, 7) is 3.33. The van der Waals surface area contributed by atoms with Gasteiger partial charge in [-0.1, -0.05) is 12.1 Å². The van der Waals surface area contributed by atoms with Crippen molar-refractivity contribution >= 4 is 0 Å². The third kappa shape index (κ3) is 4.64. The highest BCUT2D eigenvalue weighted by atomic mass is 19.4. The van der Waals surface area contributed by atoms with E-state index in [-0.39, 0.29) is 17.2 Å². The molecular weight excluding hydrogens is 498 g/mol. The minimum Gasteiger partial charge on any atom is -0.252 e. The zero-order valence-electron chi connectivity index (χ0n) is 18.5. The van der Waals surface area contributed by atoms with Crippen LogP contribution in [0.25, 0.3) is 17.1 Å². The highest BCUT2D eigenvalue weighted by Gasteiger charge is 2.40. The third-order valence-electron chi connectivity index (χ3n) is 5.41. The molecule has 4 heterocycles. The summed E-state index contributed by atoms with van der Waals surface area (Å²) in [5, 5.41) is 3.49. The van der Waals surface area contributed by atoms with E-state index in [1.54, 1.807) is 19.9 Å². The number of hydrogen-bond acceptors (Lipinski definition) is 4. The van der Waals surface area contributed by atoms with Crippen LogP contribution in [0.3, 0.4) is 0 Å². The molecule has 0 saturated heterocycles. The van der Waals surface area contributed by atoms with Gasteiger partial charge in [0.1, 0.15) is 5.56 Å². The van der Waals surface area contributed by atoms with Gasteiger partial charge >= 0.3 is 12.4 Å². The van der Waals surface area contributed by atoms with E-state index in [2.05, 4.69) is 20.1 Å². The Balaban J connectivity index is 1.74. The van der Waals surface area contributed by atoms with E-state index < -0.39 is 46.4 Å². The molecule has 0 spiro atoms. The topological polar surface area (TPSA) is 56.5 Å². The lowest BCUT2D eigenvalue weighted by molar-refractivity contribution is -0.143. The van der Waals surface area contributed by atoms with Crippen LogP contribution in [0.1, 0.15) is 36.5 Å². The predicted octanol–water partition coefficient (Wildman–Crippen LogP) is 6.37. The van der Waals surface area contributed by atoms with Crippen molar-refractivity contribution in [3.05, 3.63) is 89.3 Å². The summed E-state index contributed by atoms with van der Waals surface area (Å²) in [6, 6.07) is 9.53. The Hall–Kier alpha value is -3.90. The second-order valence-corrected chi connectivity index (χ2v) is 8.21. The summed E-state index contributed by atoms with van der Waals surface area (Å²) >= 11 is 0. The van der Waals surface area contributed by atoms with Crippen molar-refractivity contribution in [3.8, 4) is 17.1 Å². The average molecular weight is 513 g/mol. The van der Waals surface area contributed by atoms with E-state index in [9.17, 15) is 35.1 Å². The highest BCUT2D eigenvalue weighted by Crippen LogP contribution is 2.37. The maximum atomic E-state index is 14.7. The van der Waals surface area contributed by atoms with E-state index in [0.717, 1.165) is 16.9 Å². The minimum atomic E-state index is -5.31. The standard InChI is InChI=1S/C23H15F8N5/c1-21(2,15-7-4-8-17(34-15)36-10-9-16(35-36)22(26,27)28)14-6-3-5-13(33-14)12-11-32-20(25)18(19(12)24)23(29,30)31/h3-11H,1-2H3.